The van der Waals surface area contributed by atoms with E-state index in [-0.39, 0.29) is 11.8 Å². The topological polar surface area (TPSA) is 75.1 Å². The van der Waals surface area contributed by atoms with Gasteiger partial charge in [0.05, 0.1) is 11.9 Å². The lowest BCUT2D eigenvalue weighted by molar-refractivity contribution is 0.186. The normalized spacial score (nSPS) is 16.2. The summed E-state index contributed by atoms with van der Waals surface area (Å²) in [5, 5.41) is 13.4. The van der Waals surface area contributed by atoms with Crippen LogP contribution in [0.2, 0.25) is 0 Å². The van der Waals surface area contributed by atoms with E-state index >= 15 is 0 Å². The molecule has 0 bridgehead atoms. The molecule has 0 aromatic heterocycles. The molecule has 3 rings (SSSR count). The fraction of sp³-hybridized carbons (Fsp3) is 0.105. The molecule has 144 valence electrons. The van der Waals surface area contributed by atoms with E-state index in [1.165, 1.54) is 6.07 Å². The van der Waals surface area contributed by atoms with Gasteiger partial charge in [-0.25, -0.2) is 13.6 Å². The van der Waals surface area contributed by atoms with Crippen LogP contribution < -0.4 is 10.6 Å². The number of allylic oxidation sites excluding steroid dienone is 2. The van der Waals surface area contributed by atoms with Crippen molar-refractivity contribution in [2.75, 3.05) is 10.6 Å². The zero-order valence-electron chi connectivity index (χ0n) is 14.6. The van der Waals surface area contributed by atoms with Gasteiger partial charge in [-0.2, -0.15) is 5.11 Å². The minimum absolute atomic E-state index is 0.128. The van der Waals surface area contributed by atoms with Gasteiger partial charge < -0.3 is 15.4 Å². The number of hydrogen-bond acceptors (Lipinski definition) is 4. The van der Waals surface area contributed by atoms with Gasteiger partial charge in [-0.1, -0.05) is 6.07 Å². The smallest absolute Gasteiger partial charge is 0.323 e. The van der Waals surface area contributed by atoms with Gasteiger partial charge >= 0.3 is 6.03 Å². The first-order valence-corrected chi connectivity index (χ1v) is 8.98. The van der Waals surface area contributed by atoms with Crippen LogP contribution in [0.3, 0.4) is 0 Å². The number of carbonyl (C=O) groups excluding carboxylic acids is 1. The number of nitrogens with one attached hydrogen (secondary N) is 2. The third-order valence-corrected chi connectivity index (χ3v) is 4.35. The molecule has 2 amide bonds. The van der Waals surface area contributed by atoms with Gasteiger partial charge in [0.1, 0.15) is 11.8 Å². The number of ether oxygens (including phenoxy) is 1. The zero-order valence-corrected chi connectivity index (χ0v) is 16.2. The highest BCUT2D eigenvalue weighted by molar-refractivity contribution is 9.11. The Labute approximate surface area is 168 Å². The van der Waals surface area contributed by atoms with Crippen molar-refractivity contribution < 1.29 is 18.3 Å². The van der Waals surface area contributed by atoms with Crippen molar-refractivity contribution >= 4 is 39.0 Å². The summed E-state index contributed by atoms with van der Waals surface area (Å²) in [6.07, 6.45) is 3.06. The Hall–Kier alpha value is -3.07. The van der Waals surface area contributed by atoms with E-state index in [0.29, 0.717) is 17.1 Å². The Morgan fingerprint density at radius 1 is 1.07 bits per heavy atom. The molecule has 1 aliphatic heterocycles. The molecule has 0 saturated carbocycles. The van der Waals surface area contributed by atoms with Gasteiger partial charge in [0, 0.05) is 21.9 Å². The van der Waals surface area contributed by atoms with Crippen LogP contribution in [-0.2, 0) is 4.74 Å². The van der Waals surface area contributed by atoms with Crippen LogP contribution in [0.15, 0.2) is 75.2 Å². The van der Waals surface area contributed by atoms with E-state index in [9.17, 15) is 13.6 Å². The second-order valence-electron chi connectivity index (χ2n) is 5.77. The number of halogens is 3. The first-order valence-electron chi connectivity index (χ1n) is 8.19. The highest BCUT2D eigenvalue weighted by Crippen LogP contribution is 2.27. The van der Waals surface area contributed by atoms with E-state index in [2.05, 4.69) is 36.8 Å². The maximum Gasteiger partial charge on any atom is 0.323 e. The van der Waals surface area contributed by atoms with Crippen LogP contribution in [0.5, 0.6) is 0 Å². The number of amides is 2. The predicted octanol–water partition coefficient (Wildman–Crippen LogP) is 6.23. The van der Waals surface area contributed by atoms with E-state index in [4.69, 9.17) is 4.74 Å². The Morgan fingerprint density at radius 2 is 1.82 bits per heavy atom. The average molecular weight is 449 g/mol. The first-order chi connectivity index (χ1) is 13.4. The van der Waals surface area contributed by atoms with Crippen LogP contribution in [0.25, 0.3) is 0 Å². The molecule has 1 heterocycles. The average Bonchev–Trinajstić information content (AvgIpc) is 2.64. The van der Waals surface area contributed by atoms with Crippen LogP contribution in [-0.4, -0.2) is 12.1 Å². The van der Waals surface area contributed by atoms with Crippen molar-refractivity contribution in [3.05, 3.63) is 76.6 Å². The monoisotopic (exact) mass is 448 g/mol. The highest BCUT2D eigenvalue weighted by Gasteiger charge is 2.15. The van der Waals surface area contributed by atoms with Crippen molar-refractivity contribution in [1.82, 2.24) is 0 Å². The third-order valence-electron chi connectivity index (χ3n) is 3.68. The predicted molar refractivity (Wildman–Crippen MR) is 106 cm³/mol. The summed E-state index contributed by atoms with van der Waals surface area (Å²) in [5.41, 5.74) is 1.73. The maximum atomic E-state index is 13.2. The highest BCUT2D eigenvalue weighted by atomic mass is 79.9. The lowest BCUT2D eigenvalue weighted by Crippen LogP contribution is -2.19. The third kappa shape index (κ3) is 5.01. The van der Waals surface area contributed by atoms with Crippen LogP contribution >= 0.6 is 15.9 Å². The summed E-state index contributed by atoms with van der Waals surface area (Å²) in [6, 6.07) is 9.19. The summed E-state index contributed by atoms with van der Waals surface area (Å²) in [7, 11) is 0. The molecule has 0 saturated heterocycles. The molecule has 2 N–H and O–H groups in total. The maximum absolute atomic E-state index is 13.2. The second-order valence-corrected chi connectivity index (χ2v) is 6.63. The van der Waals surface area contributed by atoms with E-state index in [1.54, 1.807) is 36.6 Å². The minimum atomic E-state index is -1.04. The van der Waals surface area contributed by atoms with Gasteiger partial charge in [0.15, 0.2) is 11.6 Å². The minimum Gasteiger partial charge on any atom is -0.492 e. The SMILES string of the molecule is CC1OC=CC(Br)=C1N=Nc1cccc(NC(=O)Nc2ccc(F)c(F)c2)c1. The van der Waals surface area contributed by atoms with Crippen molar-refractivity contribution in [3.8, 4) is 0 Å². The number of anilines is 2. The van der Waals surface area contributed by atoms with E-state index < -0.39 is 17.7 Å². The lowest BCUT2D eigenvalue weighted by Gasteiger charge is -2.16. The Kier molecular flexibility index (Phi) is 6.15. The summed E-state index contributed by atoms with van der Waals surface area (Å²) >= 11 is 3.40. The van der Waals surface area contributed by atoms with Gasteiger partial charge in [0.25, 0.3) is 0 Å². The molecular formula is C19H15BrF2N4O2. The molecule has 0 aliphatic carbocycles. The first kappa shape index (κ1) is 19.7. The molecule has 1 unspecified atom stereocenters. The number of hydrogen-bond donors (Lipinski definition) is 2. The number of azo groups is 1. The molecular weight excluding hydrogens is 434 g/mol. The van der Waals surface area contributed by atoms with Crippen molar-refractivity contribution in [2.24, 2.45) is 10.2 Å². The van der Waals surface area contributed by atoms with Crippen molar-refractivity contribution in [1.29, 1.82) is 0 Å². The Balaban J connectivity index is 1.67. The molecule has 1 aliphatic rings. The fourth-order valence-corrected chi connectivity index (χ4v) is 2.82. The van der Waals surface area contributed by atoms with E-state index in [1.807, 2.05) is 6.92 Å². The number of benzene rings is 2. The lowest BCUT2D eigenvalue weighted by atomic mass is 10.2. The zero-order chi connectivity index (χ0) is 20.1. The van der Waals surface area contributed by atoms with Gasteiger partial charge in [-0.3, -0.25) is 0 Å². The quantitative estimate of drug-likeness (QED) is 0.543. The summed E-state index contributed by atoms with van der Waals surface area (Å²) in [6.45, 7) is 1.85. The van der Waals surface area contributed by atoms with Crippen molar-refractivity contribution in [3.63, 3.8) is 0 Å². The molecule has 0 fully saturated rings. The number of nitrogens with zero attached hydrogens (tertiary/aromatic N) is 2. The number of rotatable bonds is 4. The molecule has 2 aromatic rings. The molecule has 2 aromatic carbocycles. The molecule has 9 heteroatoms. The van der Waals surface area contributed by atoms with Crippen LogP contribution in [0, 0.1) is 11.6 Å². The summed E-state index contributed by atoms with van der Waals surface area (Å²) in [4.78, 5) is 12.1. The Bertz CT molecular complexity index is 992. The largest absolute Gasteiger partial charge is 0.492 e. The fourth-order valence-electron chi connectivity index (χ4n) is 2.31. The van der Waals surface area contributed by atoms with Gasteiger partial charge in [-0.15, -0.1) is 5.11 Å². The molecule has 0 radical (unpaired) electrons. The Morgan fingerprint density at radius 3 is 2.54 bits per heavy atom. The van der Waals surface area contributed by atoms with Gasteiger partial charge in [0.2, 0.25) is 0 Å². The van der Waals surface area contributed by atoms with Gasteiger partial charge in [-0.05, 0) is 59.3 Å². The number of carbonyl (C=O) groups is 1. The van der Waals surface area contributed by atoms with Crippen LogP contribution in [0.4, 0.5) is 30.6 Å². The molecule has 6 nitrogen and oxygen atoms in total. The molecule has 1 atom stereocenters. The molecule has 0 spiro atoms. The summed E-state index contributed by atoms with van der Waals surface area (Å²) < 4.78 is 32.3. The summed E-state index contributed by atoms with van der Waals surface area (Å²) in [5.74, 6) is -2.03. The second kappa shape index (κ2) is 8.75. The number of urea groups is 1. The molecule has 28 heavy (non-hydrogen) atoms. The van der Waals surface area contributed by atoms with Crippen LogP contribution in [0.1, 0.15) is 6.92 Å². The standard InChI is InChI=1S/C19H15BrF2N4O2/c1-11-18(15(20)7-8-28-11)26-25-14-4-2-3-12(9-14)23-19(27)24-13-5-6-16(21)17(22)10-13/h2-11H,1H3,(H2,23,24,27). The van der Waals surface area contributed by atoms with Crippen molar-refractivity contribution in [2.45, 2.75) is 13.0 Å². The van der Waals surface area contributed by atoms with E-state index in [0.717, 1.165) is 16.6 Å².